The van der Waals surface area contributed by atoms with Crippen molar-refractivity contribution in [2.24, 2.45) is 0 Å². The molecule has 2 aromatic carbocycles. The van der Waals surface area contributed by atoms with Gasteiger partial charge in [-0.15, -0.1) is 0 Å². The van der Waals surface area contributed by atoms with Crippen LogP contribution >= 0.6 is 0 Å². The van der Waals surface area contributed by atoms with Crippen LogP contribution in [-0.2, 0) is 22.4 Å². The van der Waals surface area contributed by atoms with E-state index in [0.717, 1.165) is 38.9 Å². The quantitative estimate of drug-likeness (QED) is 0.881. The van der Waals surface area contributed by atoms with Crippen LogP contribution in [0.5, 0.6) is 0 Å². The van der Waals surface area contributed by atoms with Crippen LogP contribution in [-0.4, -0.2) is 54.9 Å². The summed E-state index contributed by atoms with van der Waals surface area (Å²) in [4.78, 5) is 15.8. The van der Waals surface area contributed by atoms with Crippen LogP contribution in [0.2, 0.25) is 0 Å². The Morgan fingerprint density at radius 2 is 1.63 bits per heavy atom. The summed E-state index contributed by atoms with van der Waals surface area (Å²) in [5.41, 5.74) is 5.39. The molecule has 1 atom stereocenters. The van der Waals surface area contributed by atoms with Crippen LogP contribution in [0.1, 0.15) is 17.5 Å². The van der Waals surface area contributed by atoms with Crippen LogP contribution in [0.4, 0.5) is 11.4 Å². The molecule has 2 aliphatic heterocycles. The number of ether oxygens (including phenoxy) is 1. The van der Waals surface area contributed by atoms with Crippen molar-refractivity contribution in [1.82, 2.24) is 4.90 Å². The summed E-state index contributed by atoms with van der Waals surface area (Å²) in [7, 11) is 0. The van der Waals surface area contributed by atoms with Crippen molar-refractivity contribution in [3.8, 4) is 0 Å². The second kappa shape index (κ2) is 8.11. The van der Waals surface area contributed by atoms with Gasteiger partial charge < -0.3 is 14.7 Å². The first kappa shape index (κ1) is 18.0. The van der Waals surface area contributed by atoms with E-state index < -0.39 is 12.1 Å². The number of hydrogen-bond acceptors (Lipinski definition) is 4. The predicted molar refractivity (Wildman–Crippen MR) is 106 cm³/mol. The molecule has 0 saturated carbocycles. The number of aryl methyl sites for hydroxylation is 2. The van der Waals surface area contributed by atoms with Crippen molar-refractivity contribution >= 4 is 17.3 Å². The minimum Gasteiger partial charge on any atom is -0.479 e. The lowest BCUT2D eigenvalue weighted by Crippen LogP contribution is -2.46. The zero-order chi connectivity index (χ0) is 18.6. The van der Waals surface area contributed by atoms with Crippen molar-refractivity contribution in [3.05, 3.63) is 59.7 Å². The van der Waals surface area contributed by atoms with Crippen molar-refractivity contribution < 1.29 is 14.6 Å². The third kappa shape index (κ3) is 3.99. The van der Waals surface area contributed by atoms with Gasteiger partial charge in [-0.05, 0) is 42.5 Å². The summed E-state index contributed by atoms with van der Waals surface area (Å²) in [6, 6.07) is 17.3. The monoisotopic (exact) mass is 366 g/mol. The van der Waals surface area contributed by atoms with Crippen molar-refractivity contribution in [1.29, 1.82) is 0 Å². The average Bonchev–Trinajstić information content (AvgIpc) is 2.86. The van der Waals surface area contributed by atoms with Gasteiger partial charge in [-0.3, -0.25) is 4.90 Å². The largest absolute Gasteiger partial charge is 0.479 e. The van der Waals surface area contributed by atoms with Crippen LogP contribution in [0.3, 0.4) is 0 Å². The standard InChI is InChI=1S/C22H26N2O3/c25-22(26)21-16-23(14-15-27-21)12-5-13-24-19-8-3-1-6-17(19)10-11-18-7-2-4-9-20(18)24/h1-4,6-9,21H,5,10-16H2,(H,25,26). The number of fused-ring (bicyclic) bond motifs is 2. The topological polar surface area (TPSA) is 53.0 Å². The fourth-order valence-corrected chi connectivity index (χ4v) is 4.12. The van der Waals surface area contributed by atoms with Gasteiger partial charge in [0.25, 0.3) is 0 Å². The second-order valence-electron chi connectivity index (χ2n) is 7.26. The van der Waals surface area contributed by atoms with Crippen molar-refractivity contribution in [2.45, 2.75) is 25.4 Å². The third-order valence-electron chi connectivity index (χ3n) is 5.51. The van der Waals surface area contributed by atoms with Gasteiger partial charge in [-0.1, -0.05) is 36.4 Å². The summed E-state index contributed by atoms with van der Waals surface area (Å²) in [6.45, 7) is 3.57. The Balaban J connectivity index is 1.47. The highest BCUT2D eigenvalue weighted by Gasteiger charge is 2.26. The Hall–Kier alpha value is -2.37. The molecule has 2 aromatic rings. The maximum Gasteiger partial charge on any atom is 0.334 e. The van der Waals surface area contributed by atoms with Crippen molar-refractivity contribution in [3.63, 3.8) is 0 Å². The summed E-state index contributed by atoms with van der Waals surface area (Å²) in [5.74, 6) is -0.866. The molecule has 0 radical (unpaired) electrons. The summed E-state index contributed by atoms with van der Waals surface area (Å²) in [6.07, 6.45) is 2.41. The SMILES string of the molecule is O=C(O)C1CN(CCCN2c3ccccc3CCc3ccccc32)CCO1. The van der Waals surface area contributed by atoms with Gasteiger partial charge in [0.15, 0.2) is 6.10 Å². The van der Waals surface area contributed by atoms with E-state index in [9.17, 15) is 9.90 Å². The zero-order valence-corrected chi connectivity index (χ0v) is 15.5. The molecule has 142 valence electrons. The van der Waals surface area contributed by atoms with Gasteiger partial charge >= 0.3 is 5.97 Å². The van der Waals surface area contributed by atoms with Gasteiger partial charge in [0.05, 0.1) is 6.61 Å². The normalized spacial score (nSPS) is 19.9. The second-order valence-corrected chi connectivity index (χ2v) is 7.26. The Bertz CT molecular complexity index is 760. The minimum atomic E-state index is -0.866. The van der Waals surface area contributed by atoms with E-state index >= 15 is 0 Å². The maximum atomic E-state index is 11.2. The first-order valence-electron chi connectivity index (χ1n) is 9.72. The number of rotatable bonds is 5. The molecule has 4 rings (SSSR count). The van der Waals surface area contributed by atoms with Gasteiger partial charge in [0, 0.05) is 37.6 Å². The molecule has 0 aromatic heterocycles. The van der Waals surface area contributed by atoms with E-state index in [-0.39, 0.29) is 0 Å². The number of hydrogen-bond donors (Lipinski definition) is 1. The van der Waals surface area contributed by atoms with Crippen molar-refractivity contribution in [2.75, 3.05) is 37.7 Å². The molecule has 0 amide bonds. The highest BCUT2D eigenvalue weighted by atomic mass is 16.5. The van der Waals surface area contributed by atoms with Gasteiger partial charge in [-0.2, -0.15) is 0 Å². The molecule has 0 aliphatic carbocycles. The molecule has 1 saturated heterocycles. The number of carboxylic acid groups (broad SMARTS) is 1. The number of anilines is 2. The lowest BCUT2D eigenvalue weighted by molar-refractivity contribution is -0.156. The number of carboxylic acids is 1. The lowest BCUT2D eigenvalue weighted by Gasteiger charge is -2.32. The number of benzene rings is 2. The molecule has 5 nitrogen and oxygen atoms in total. The molecule has 1 N–H and O–H groups in total. The fraction of sp³-hybridized carbons (Fsp3) is 0.409. The molecular formula is C22H26N2O3. The fourth-order valence-electron chi connectivity index (χ4n) is 4.12. The van der Waals surface area contributed by atoms with Gasteiger partial charge in [0.1, 0.15) is 0 Å². The molecule has 2 heterocycles. The number of nitrogens with zero attached hydrogens (tertiary/aromatic N) is 2. The van der Waals surface area contributed by atoms with E-state index in [1.807, 2.05) is 0 Å². The third-order valence-corrected chi connectivity index (χ3v) is 5.51. The van der Waals surface area contributed by atoms with E-state index in [4.69, 9.17) is 4.74 Å². The lowest BCUT2D eigenvalue weighted by atomic mass is 10.0. The first-order chi connectivity index (χ1) is 13.2. The predicted octanol–water partition coefficient (Wildman–Crippen LogP) is 3.10. The smallest absolute Gasteiger partial charge is 0.334 e. The van der Waals surface area contributed by atoms with E-state index in [2.05, 4.69) is 58.3 Å². The molecular weight excluding hydrogens is 340 g/mol. The van der Waals surface area contributed by atoms with Gasteiger partial charge in [-0.25, -0.2) is 4.79 Å². The zero-order valence-electron chi connectivity index (χ0n) is 15.5. The minimum absolute atomic E-state index is 0.475. The van der Waals surface area contributed by atoms with Crippen LogP contribution < -0.4 is 4.90 Å². The van der Waals surface area contributed by atoms with Crippen LogP contribution in [0.15, 0.2) is 48.5 Å². The molecule has 2 aliphatic rings. The number of aliphatic carboxylic acids is 1. The molecule has 1 unspecified atom stereocenters. The highest BCUT2D eigenvalue weighted by molar-refractivity contribution is 5.72. The summed E-state index contributed by atoms with van der Waals surface area (Å²) < 4.78 is 5.32. The van der Waals surface area contributed by atoms with Crippen LogP contribution in [0.25, 0.3) is 0 Å². The average molecular weight is 366 g/mol. The Morgan fingerprint density at radius 3 is 2.26 bits per heavy atom. The number of morpholine rings is 1. The molecule has 0 bridgehead atoms. The van der Waals surface area contributed by atoms with Crippen LogP contribution in [0, 0.1) is 0 Å². The van der Waals surface area contributed by atoms with E-state index in [1.165, 1.54) is 22.5 Å². The number of carbonyl (C=O) groups is 1. The number of para-hydroxylation sites is 2. The summed E-state index contributed by atoms with van der Waals surface area (Å²) >= 11 is 0. The Morgan fingerprint density at radius 1 is 1.00 bits per heavy atom. The Labute approximate surface area is 160 Å². The first-order valence-corrected chi connectivity index (χ1v) is 9.72. The molecule has 0 spiro atoms. The summed E-state index contributed by atoms with van der Waals surface area (Å²) in [5, 5.41) is 9.18. The molecule has 27 heavy (non-hydrogen) atoms. The highest BCUT2D eigenvalue weighted by Crippen LogP contribution is 2.35. The van der Waals surface area contributed by atoms with E-state index in [0.29, 0.717) is 13.2 Å². The maximum absolute atomic E-state index is 11.2. The molecule has 1 fully saturated rings. The molecule has 5 heteroatoms. The van der Waals surface area contributed by atoms with Gasteiger partial charge in [0.2, 0.25) is 0 Å². The Kier molecular flexibility index (Phi) is 5.41. The van der Waals surface area contributed by atoms with E-state index in [1.54, 1.807) is 0 Å².